The van der Waals surface area contributed by atoms with Crippen LogP contribution < -0.4 is 10.6 Å². The highest BCUT2D eigenvalue weighted by atomic mass is 19.1. The molecule has 0 aromatic heterocycles. The molecule has 2 saturated carbocycles. The van der Waals surface area contributed by atoms with Gasteiger partial charge >= 0.3 is 0 Å². The second-order valence-corrected chi connectivity index (χ2v) is 6.52. The summed E-state index contributed by atoms with van der Waals surface area (Å²) in [6.45, 7) is 3.41. The number of aliphatic imine (C=N–C) groups is 1. The summed E-state index contributed by atoms with van der Waals surface area (Å²) in [7, 11) is 1.77. The molecule has 0 saturated heterocycles. The summed E-state index contributed by atoms with van der Waals surface area (Å²) in [5.41, 5.74) is 1.21. The molecule has 0 amide bonds. The Bertz CT molecular complexity index is 571. The third-order valence-corrected chi connectivity index (χ3v) is 5.32. The standard InChI is InChI=1S/C18H26FN3O/c1-3-23-16-11-15(18(16)8-5-9-18)22-17(20-2)21-12-13-6-4-7-14(19)10-13/h4,6-7,10,15-16H,3,5,8-9,11-12H2,1-2H3,(H2,20,21,22). The lowest BCUT2D eigenvalue weighted by atomic mass is 9.51. The topological polar surface area (TPSA) is 45.6 Å². The van der Waals surface area contributed by atoms with Crippen molar-refractivity contribution in [2.24, 2.45) is 10.4 Å². The molecule has 5 heteroatoms. The second-order valence-electron chi connectivity index (χ2n) is 6.52. The Morgan fingerprint density at radius 1 is 1.43 bits per heavy atom. The summed E-state index contributed by atoms with van der Waals surface area (Å²) in [6.07, 6.45) is 5.18. The van der Waals surface area contributed by atoms with Gasteiger partial charge in [-0.1, -0.05) is 18.6 Å². The number of rotatable bonds is 5. The fourth-order valence-electron chi connectivity index (χ4n) is 3.83. The average molecular weight is 319 g/mol. The van der Waals surface area contributed by atoms with E-state index in [2.05, 4.69) is 22.5 Å². The molecule has 3 rings (SSSR count). The van der Waals surface area contributed by atoms with E-state index in [1.165, 1.54) is 25.3 Å². The van der Waals surface area contributed by atoms with Crippen LogP contribution in [0.2, 0.25) is 0 Å². The number of ether oxygens (including phenoxy) is 1. The van der Waals surface area contributed by atoms with E-state index in [-0.39, 0.29) is 5.82 Å². The SMILES string of the molecule is CCOC1CC(NC(=NC)NCc2cccc(F)c2)C12CCC2. The molecule has 0 bridgehead atoms. The summed E-state index contributed by atoms with van der Waals surface area (Å²) >= 11 is 0. The number of guanidine groups is 1. The van der Waals surface area contributed by atoms with Gasteiger partial charge in [0.1, 0.15) is 5.82 Å². The summed E-state index contributed by atoms with van der Waals surface area (Å²) in [6, 6.07) is 7.06. The Hall–Kier alpha value is -1.62. The lowest BCUT2D eigenvalue weighted by molar-refractivity contribution is -0.168. The maximum absolute atomic E-state index is 13.2. The number of hydrogen-bond acceptors (Lipinski definition) is 2. The normalized spacial score (nSPS) is 25.6. The first-order valence-corrected chi connectivity index (χ1v) is 8.51. The van der Waals surface area contributed by atoms with Crippen molar-refractivity contribution in [2.75, 3.05) is 13.7 Å². The van der Waals surface area contributed by atoms with E-state index in [0.29, 0.717) is 24.1 Å². The van der Waals surface area contributed by atoms with Crippen LogP contribution in [0.1, 0.15) is 38.2 Å². The average Bonchev–Trinajstić information content (AvgIpc) is 2.47. The Labute approximate surface area is 137 Å². The smallest absolute Gasteiger partial charge is 0.191 e. The van der Waals surface area contributed by atoms with Crippen molar-refractivity contribution in [1.82, 2.24) is 10.6 Å². The first-order valence-electron chi connectivity index (χ1n) is 8.51. The summed E-state index contributed by atoms with van der Waals surface area (Å²) in [5, 5.41) is 6.81. The molecule has 0 aliphatic heterocycles. The van der Waals surface area contributed by atoms with Crippen LogP contribution in [0.15, 0.2) is 29.3 Å². The van der Waals surface area contributed by atoms with Crippen LogP contribution in [0, 0.1) is 11.2 Å². The fraction of sp³-hybridized carbons (Fsp3) is 0.611. The lowest BCUT2D eigenvalue weighted by Gasteiger charge is -2.61. The molecular weight excluding hydrogens is 293 g/mol. The maximum Gasteiger partial charge on any atom is 0.191 e. The number of hydrogen-bond donors (Lipinski definition) is 2. The van der Waals surface area contributed by atoms with E-state index in [4.69, 9.17) is 4.74 Å². The van der Waals surface area contributed by atoms with Crippen LogP contribution in [0.5, 0.6) is 0 Å². The first-order chi connectivity index (χ1) is 11.2. The molecule has 2 fully saturated rings. The Morgan fingerprint density at radius 3 is 2.87 bits per heavy atom. The van der Waals surface area contributed by atoms with E-state index >= 15 is 0 Å². The molecule has 2 N–H and O–H groups in total. The number of halogens is 1. The zero-order valence-corrected chi connectivity index (χ0v) is 13.9. The van der Waals surface area contributed by atoms with Crippen LogP contribution >= 0.6 is 0 Å². The summed E-state index contributed by atoms with van der Waals surface area (Å²) in [5.74, 6) is 0.569. The fourth-order valence-corrected chi connectivity index (χ4v) is 3.83. The third kappa shape index (κ3) is 3.20. The molecular formula is C18H26FN3O. The monoisotopic (exact) mass is 319 g/mol. The van der Waals surface area contributed by atoms with E-state index < -0.39 is 0 Å². The lowest BCUT2D eigenvalue weighted by Crippen LogP contribution is -2.68. The van der Waals surface area contributed by atoms with Crippen molar-refractivity contribution < 1.29 is 9.13 Å². The third-order valence-electron chi connectivity index (χ3n) is 5.32. The van der Waals surface area contributed by atoms with E-state index in [9.17, 15) is 4.39 Å². The molecule has 1 aromatic rings. The van der Waals surface area contributed by atoms with Crippen molar-refractivity contribution >= 4 is 5.96 Å². The predicted octanol–water partition coefficient (Wildman–Crippen LogP) is 2.84. The van der Waals surface area contributed by atoms with Gasteiger partial charge in [0.25, 0.3) is 0 Å². The van der Waals surface area contributed by atoms with Crippen molar-refractivity contribution in [3.63, 3.8) is 0 Å². The van der Waals surface area contributed by atoms with Gasteiger partial charge in [-0.15, -0.1) is 0 Å². The number of nitrogens with one attached hydrogen (secondary N) is 2. The maximum atomic E-state index is 13.2. The molecule has 1 spiro atoms. The van der Waals surface area contributed by atoms with Crippen molar-refractivity contribution in [2.45, 2.75) is 51.3 Å². The van der Waals surface area contributed by atoms with Gasteiger partial charge < -0.3 is 15.4 Å². The van der Waals surface area contributed by atoms with Gasteiger partial charge in [-0.3, -0.25) is 4.99 Å². The van der Waals surface area contributed by atoms with Gasteiger partial charge in [-0.25, -0.2) is 4.39 Å². The largest absolute Gasteiger partial charge is 0.378 e. The van der Waals surface area contributed by atoms with E-state index in [1.807, 2.05) is 6.07 Å². The molecule has 2 aliphatic carbocycles. The minimum Gasteiger partial charge on any atom is -0.378 e. The van der Waals surface area contributed by atoms with Gasteiger partial charge in [0.2, 0.25) is 0 Å². The molecule has 23 heavy (non-hydrogen) atoms. The highest BCUT2D eigenvalue weighted by molar-refractivity contribution is 5.80. The van der Waals surface area contributed by atoms with Crippen molar-refractivity contribution in [3.05, 3.63) is 35.6 Å². The number of nitrogens with zero attached hydrogens (tertiary/aromatic N) is 1. The van der Waals surface area contributed by atoms with Crippen molar-refractivity contribution in [3.8, 4) is 0 Å². The van der Waals surface area contributed by atoms with Crippen LogP contribution in [0.3, 0.4) is 0 Å². The molecule has 2 aliphatic rings. The van der Waals surface area contributed by atoms with E-state index in [1.54, 1.807) is 19.2 Å². The zero-order chi connectivity index (χ0) is 16.3. The first kappa shape index (κ1) is 16.2. The molecule has 2 unspecified atom stereocenters. The molecule has 2 atom stereocenters. The van der Waals surface area contributed by atoms with Gasteiger partial charge in [-0.2, -0.15) is 0 Å². The molecule has 1 aromatic carbocycles. The van der Waals surface area contributed by atoms with Gasteiger partial charge in [0.05, 0.1) is 6.10 Å². The van der Waals surface area contributed by atoms with E-state index in [0.717, 1.165) is 24.6 Å². The zero-order valence-electron chi connectivity index (χ0n) is 13.9. The summed E-state index contributed by atoms with van der Waals surface area (Å²) < 4.78 is 19.1. The second kappa shape index (κ2) is 6.87. The Morgan fingerprint density at radius 2 is 2.26 bits per heavy atom. The number of benzene rings is 1. The van der Waals surface area contributed by atoms with Gasteiger partial charge in [0, 0.05) is 31.7 Å². The van der Waals surface area contributed by atoms with Crippen LogP contribution in [0.25, 0.3) is 0 Å². The predicted molar refractivity (Wildman–Crippen MR) is 89.8 cm³/mol. The Kier molecular flexibility index (Phi) is 4.85. The molecule has 0 heterocycles. The minimum atomic E-state index is -0.209. The van der Waals surface area contributed by atoms with Gasteiger partial charge in [-0.05, 0) is 43.9 Å². The minimum absolute atomic E-state index is 0.209. The Balaban J connectivity index is 1.54. The molecule has 4 nitrogen and oxygen atoms in total. The highest BCUT2D eigenvalue weighted by Crippen LogP contribution is 2.57. The highest BCUT2D eigenvalue weighted by Gasteiger charge is 2.59. The molecule has 126 valence electrons. The summed E-state index contributed by atoms with van der Waals surface area (Å²) in [4.78, 5) is 4.30. The van der Waals surface area contributed by atoms with Gasteiger partial charge in [0.15, 0.2) is 5.96 Å². The quantitative estimate of drug-likeness (QED) is 0.648. The van der Waals surface area contributed by atoms with Crippen LogP contribution in [-0.4, -0.2) is 31.8 Å². The van der Waals surface area contributed by atoms with Crippen LogP contribution in [0.4, 0.5) is 4.39 Å². The van der Waals surface area contributed by atoms with Crippen molar-refractivity contribution in [1.29, 1.82) is 0 Å². The molecule has 0 radical (unpaired) electrons. The van der Waals surface area contributed by atoms with Crippen LogP contribution in [-0.2, 0) is 11.3 Å².